The van der Waals surface area contributed by atoms with Gasteiger partial charge in [0.05, 0.1) is 28.8 Å². The molecule has 2 N–H and O–H groups in total. The third-order valence-corrected chi connectivity index (χ3v) is 4.74. The van der Waals surface area contributed by atoms with E-state index in [2.05, 4.69) is 9.72 Å². The molecule has 21 heavy (non-hydrogen) atoms. The van der Waals surface area contributed by atoms with Crippen molar-refractivity contribution in [3.63, 3.8) is 0 Å². The van der Waals surface area contributed by atoms with Gasteiger partial charge in [-0.15, -0.1) is 0 Å². The molecular weight excluding hydrogens is 314 g/mol. The molecule has 1 aromatic carbocycles. The van der Waals surface area contributed by atoms with E-state index in [1.54, 1.807) is 6.07 Å². The molecule has 0 saturated carbocycles. The highest BCUT2D eigenvalue weighted by molar-refractivity contribution is 7.99. The monoisotopic (exact) mass is 329 g/mol. The summed E-state index contributed by atoms with van der Waals surface area (Å²) in [5.41, 5.74) is 1.31. The number of thioether (sulfide) groups is 1. The summed E-state index contributed by atoms with van der Waals surface area (Å²) >= 11 is 1.24. The van der Waals surface area contributed by atoms with Crippen LogP contribution in [0.5, 0.6) is 0 Å². The topological polar surface area (TPSA) is 104 Å². The highest BCUT2D eigenvalue weighted by Gasteiger charge is 2.15. The van der Waals surface area contributed by atoms with Crippen LogP contribution in [0.4, 0.5) is 0 Å². The zero-order chi connectivity index (χ0) is 15.6. The maximum Gasteiger partial charge on any atom is 0.316 e. The molecule has 7 nitrogen and oxygen atoms in total. The first-order valence-electron chi connectivity index (χ1n) is 6.09. The number of carbonyl (C=O) groups excluding carboxylic acids is 1. The Balaban J connectivity index is 2.45. The van der Waals surface area contributed by atoms with E-state index in [0.717, 1.165) is 5.52 Å². The highest BCUT2D eigenvalue weighted by atomic mass is 32.2. The Bertz CT molecular complexity index is 783. The van der Waals surface area contributed by atoms with Gasteiger partial charge >= 0.3 is 5.97 Å². The van der Waals surface area contributed by atoms with Crippen LogP contribution in [0, 0.1) is 0 Å². The molecule has 1 heterocycles. The van der Waals surface area contributed by atoms with Crippen molar-refractivity contribution in [2.24, 2.45) is 5.14 Å². The number of hydrogen-bond donors (Lipinski definition) is 1. The summed E-state index contributed by atoms with van der Waals surface area (Å²) in [6, 6.07) is 4.53. The zero-order valence-corrected chi connectivity index (χ0v) is 13.2. The van der Waals surface area contributed by atoms with Crippen molar-refractivity contribution in [3.05, 3.63) is 18.2 Å². The number of rotatable bonds is 5. The van der Waals surface area contributed by atoms with Crippen LogP contribution < -0.4 is 5.14 Å². The van der Waals surface area contributed by atoms with Gasteiger partial charge in [0.15, 0.2) is 5.16 Å². The molecule has 0 unspecified atom stereocenters. The van der Waals surface area contributed by atoms with Gasteiger partial charge in [-0.2, -0.15) is 0 Å². The second kappa shape index (κ2) is 6.04. The molecule has 0 atom stereocenters. The maximum atomic E-state index is 11.4. The second-order valence-electron chi connectivity index (χ2n) is 4.20. The van der Waals surface area contributed by atoms with E-state index < -0.39 is 10.0 Å². The average molecular weight is 329 g/mol. The second-order valence-corrected chi connectivity index (χ2v) is 6.70. The van der Waals surface area contributed by atoms with Crippen LogP contribution in [0.2, 0.25) is 0 Å². The van der Waals surface area contributed by atoms with Crippen LogP contribution in [-0.2, 0) is 26.1 Å². The SMILES string of the molecule is CCn1c(SCC(=O)OC)nc2cc(S(N)(=O)=O)ccc21. The summed E-state index contributed by atoms with van der Waals surface area (Å²) in [5, 5.41) is 5.74. The Morgan fingerprint density at radius 3 is 2.76 bits per heavy atom. The van der Waals surface area contributed by atoms with Crippen molar-refractivity contribution in [1.29, 1.82) is 0 Å². The van der Waals surface area contributed by atoms with Crippen molar-refractivity contribution in [2.75, 3.05) is 12.9 Å². The Morgan fingerprint density at radius 1 is 1.48 bits per heavy atom. The predicted molar refractivity (Wildman–Crippen MR) is 79.5 cm³/mol. The number of sulfonamides is 1. The van der Waals surface area contributed by atoms with Crippen LogP contribution in [0.15, 0.2) is 28.3 Å². The van der Waals surface area contributed by atoms with Crippen LogP contribution in [-0.4, -0.2) is 36.8 Å². The van der Waals surface area contributed by atoms with E-state index >= 15 is 0 Å². The fraction of sp³-hybridized carbons (Fsp3) is 0.333. The van der Waals surface area contributed by atoms with Gasteiger partial charge in [-0.05, 0) is 25.1 Å². The number of ether oxygens (including phenoxy) is 1. The first kappa shape index (κ1) is 15.8. The Morgan fingerprint density at radius 2 is 2.19 bits per heavy atom. The Hall–Kier alpha value is -1.58. The molecule has 0 aliphatic rings. The van der Waals surface area contributed by atoms with Crippen LogP contribution in [0.3, 0.4) is 0 Å². The lowest BCUT2D eigenvalue weighted by Crippen LogP contribution is -2.11. The molecule has 1 aromatic heterocycles. The largest absolute Gasteiger partial charge is 0.468 e. The summed E-state index contributed by atoms with van der Waals surface area (Å²) in [6.45, 7) is 2.59. The lowest BCUT2D eigenvalue weighted by molar-refractivity contribution is -0.137. The molecule has 9 heteroatoms. The van der Waals surface area contributed by atoms with E-state index in [9.17, 15) is 13.2 Å². The van der Waals surface area contributed by atoms with Gasteiger partial charge < -0.3 is 9.30 Å². The van der Waals surface area contributed by atoms with Crippen LogP contribution in [0.1, 0.15) is 6.92 Å². The number of carbonyl (C=O) groups is 1. The lowest BCUT2D eigenvalue weighted by atomic mass is 10.3. The molecule has 0 bridgehead atoms. The van der Waals surface area contributed by atoms with Crippen molar-refractivity contribution in [3.8, 4) is 0 Å². The molecule has 0 spiro atoms. The first-order chi connectivity index (χ1) is 9.86. The van der Waals surface area contributed by atoms with Gasteiger partial charge in [-0.1, -0.05) is 11.8 Å². The summed E-state index contributed by atoms with van der Waals surface area (Å²) in [4.78, 5) is 15.6. The van der Waals surface area contributed by atoms with E-state index in [-0.39, 0.29) is 16.6 Å². The minimum Gasteiger partial charge on any atom is -0.468 e. The zero-order valence-electron chi connectivity index (χ0n) is 11.6. The number of fused-ring (bicyclic) bond motifs is 1. The predicted octanol–water partition coefficient (Wildman–Crippen LogP) is 0.969. The smallest absolute Gasteiger partial charge is 0.316 e. The Labute approximate surface area is 126 Å². The molecule has 0 radical (unpaired) electrons. The summed E-state index contributed by atoms with van der Waals surface area (Å²) in [6.07, 6.45) is 0. The molecule has 2 rings (SSSR count). The fourth-order valence-corrected chi connectivity index (χ4v) is 3.31. The molecular formula is C12H15N3O4S2. The third-order valence-electron chi connectivity index (χ3n) is 2.88. The quantitative estimate of drug-likeness (QED) is 0.647. The molecule has 0 aliphatic heterocycles. The number of nitrogens with two attached hydrogens (primary N) is 1. The number of imidazole rings is 1. The van der Waals surface area contributed by atoms with Crippen LogP contribution in [0.25, 0.3) is 11.0 Å². The van der Waals surface area contributed by atoms with Crippen molar-refractivity contribution in [1.82, 2.24) is 9.55 Å². The van der Waals surface area contributed by atoms with Gasteiger partial charge in [-0.25, -0.2) is 18.5 Å². The summed E-state index contributed by atoms with van der Waals surface area (Å²) in [7, 11) is -2.44. The van der Waals surface area contributed by atoms with E-state index in [4.69, 9.17) is 5.14 Å². The Kier molecular flexibility index (Phi) is 4.55. The number of hydrogen-bond acceptors (Lipinski definition) is 6. The number of aromatic nitrogens is 2. The number of primary sulfonamides is 1. The van der Waals surface area contributed by atoms with Crippen molar-refractivity contribution < 1.29 is 17.9 Å². The number of methoxy groups -OCH3 is 1. The average Bonchev–Trinajstić information content (AvgIpc) is 2.80. The molecule has 2 aromatic rings. The van der Waals surface area contributed by atoms with E-state index in [0.29, 0.717) is 17.2 Å². The minimum absolute atomic E-state index is 0.0141. The number of benzene rings is 1. The minimum atomic E-state index is -3.76. The fourth-order valence-electron chi connectivity index (χ4n) is 1.86. The van der Waals surface area contributed by atoms with Crippen molar-refractivity contribution in [2.45, 2.75) is 23.5 Å². The number of aryl methyl sites for hydroxylation is 1. The van der Waals surface area contributed by atoms with Gasteiger partial charge in [-0.3, -0.25) is 4.79 Å². The molecule has 0 fully saturated rings. The molecule has 0 amide bonds. The summed E-state index contributed by atoms with van der Waals surface area (Å²) < 4.78 is 29.2. The van der Waals surface area contributed by atoms with Gasteiger partial charge in [0, 0.05) is 6.54 Å². The maximum absolute atomic E-state index is 11.4. The molecule has 114 valence electrons. The molecule has 0 saturated heterocycles. The van der Waals surface area contributed by atoms with Crippen LogP contribution >= 0.6 is 11.8 Å². The van der Waals surface area contributed by atoms with Gasteiger partial charge in [0.25, 0.3) is 0 Å². The number of esters is 1. The number of nitrogens with zero attached hydrogens (tertiary/aromatic N) is 2. The summed E-state index contributed by atoms with van der Waals surface area (Å²) in [5.74, 6) is -0.207. The lowest BCUT2D eigenvalue weighted by Gasteiger charge is -2.05. The van der Waals surface area contributed by atoms with Gasteiger partial charge in [0.2, 0.25) is 10.0 Å². The third kappa shape index (κ3) is 3.36. The van der Waals surface area contributed by atoms with E-state index in [1.807, 2.05) is 11.5 Å². The standard InChI is InChI=1S/C12H15N3O4S2/c1-3-15-10-5-4-8(21(13,17)18)6-9(10)14-12(15)20-7-11(16)19-2/h4-6H,3,7H2,1-2H3,(H2,13,17,18). The molecule has 0 aliphatic carbocycles. The van der Waals surface area contributed by atoms with E-state index in [1.165, 1.54) is 31.0 Å². The normalized spacial score (nSPS) is 11.8. The van der Waals surface area contributed by atoms with Crippen molar-refractivity contribution >= 4 is 38.8 Å². The highest BCUT2D eigenvalue weighted by Crippen LogP contribution is 2.25. The first-order valence-corrected chi connectivity index (χ1v) is 8.62. The van der Waals surface area contributed by atoms with Gasteiger partial charge in [0.1, 0.15) is 0 Å².